The summed E-state index contributed by atoms with van der Waals surface area (Å²) >= 11 is 1.72. The van der Waals surface area contributed by atoms with Gasteiger partial charge in [0.25, 0.3) is 0 Å². The first-order valence-electron chi connectivity index (χ1n) is 5.81. The number of hydrogen-bond acceptors (Lipinski definition) is 4. The zero-order chi connectivity index (χ0) is 11.6. The third-order valence-corrected chi connectivity index (χ3v) is 3.90. The summed E-state index contributed by atoms with van der Waals surface area (Å²) in [4.78, 5) is 4.42. The largest absolute Gasteiger partial charge is 0.379 e. The fraction of sp³-hybridized carbons (Fsp3) is 0.750. The SMILES string of the molecule is COC(C)(C)CC(NC1CC1)c1nccs1. The van der Waals surface area contributed by atoms with E-state index in [-0.39, 0.29) is 5.60 Å². The Bertz CT molecular complexity index is 320. The fourth-order valence-corrected chi connectivity index (χ4v) is 2.43. The van der Waals surface area contributed by atoms with Gasteiger partial charge in [-0.25, -0.2) is 4.98 Å². The molecule has 1 fully saturated rings. The smallest absolute Gasteiger partial charge is 0.110 e. The van der Waals surface area contributed by atoms with Crippen LogP contribution in [0.5, 0.6) is 0 Å². The van der Waals surface area contributed by atoms with Crippen molar-refractivity contribution >= 4 is 11.3 Å². The molecule has 1 saturated carbocycles. The van der Waals surface area contributed by atoms with Gasteiger partial charge in [0.1, 0.15) is 5.01 Å². The molecule has 16 heavy (non-hydrogen) atoms. The number of nitrogens with one attached hydrogen (secondary N) is 1. The summed E-state index contributed by atoms with van der Waals surface area (Å²) in [5.41, 5.74) is -0.0990. The standard InChI is InChI=1S/C12H20N2OS/c1-12(2,15-3)8-10(14-9-4-5-9)11-13-6-7-16-11/h6-7,9-10,14H,4-5,8H2,1-3H3. The zero-order valence-electron chi connectivity index (χ0n) is 10.2. The first-order chi connectivity index (χ1) is 7.61. The van der Waals surface area contributed by atoms with Crippen LogP contribution in [-0.2, 0) is 4.74 Å². The molecule has 1 aliphatic carbocycles. The summed E-state index contributed by atoms with van der Waals surface area (Å²) in [6.45, 7) is 4.25. The van der Waals surface area contributed by atoms with Crippen molar-refractivity contribution in [1.29, 1.82) is 0 Å². The lowest BCUT2D eigenvalue weighted by molar-refractivity contribution is 0.00664. The molecule has 0 radical (unpaired) electrons. The Morgan fingerprint density at radius 2 is 2.38 bits per heavy atom. The van der Waals surface area contributed by atoms with Gasteiger partial charge >= 0.3 is 0 Å². The van der Waals surface area contributed by atoms with Gasteiger partial charge in [-0.15, -0.1) is 11.3 Å². The Labute approximate surface area is 101 Å². The Hall–Kier alpha value is -0.450. The number of methoxy groups -OCH3 is 1. The Balaban J connectivity index is 2.02. The van der Waals surface area contributed by atoms with E-state index in [1.165, 1.54) is 17.8 Å². The molecule has 0 bridgehead atoms. The molecular formula is C12H20N2OS. The van der Waals surface area contributed by atoms with Gasteiger partial charge < -0.3 is 10.1 Å². The first kappa shape index (κ1) is 12.0. The number of thiazole rings is 1. The van der Waals surface area contributed by atoms with E-state index in [1.807, 2.05) is 11.6 Å². The molecule has 1 aromatic rings. The van der Waals surface area contributed by atoms with Crippen molar-refractivity contribution in [3.8, 4) is 0 Å². The van der Waals surface area contributed by atoms with Crippen LogP contribution in [0.15, 0.2) is 11.6 Å². The van der Waals surface area contributed by atoms with Crippen molar-refractivity contribution in [2.45, 2.75) is 50.8 Å². The number of hydrogen-bond donors (Lipinski definition) is 1. The minimum Gasteiger partial charge on any atom is -0.379 e. The second-order valence-electron chi connectivity index (χ2n) is 5.03. The van der Waals surface area contributed by atoms with E-state index in [2.05, 4.69) is 24.1 Å². The van der Waals surface area contributed by atoms with Crippen LogP contribution in [0.2, 0.25) is 0 Å². The van der Waals surface area contributed by atoms with E-state index in [0.717, 1.165) is 6.42 Å². The molecule has 0 aromatic carbocycles. The highest BCUT2D eigenvalue weighted by molar-refractivity contribution is 7.09. The van der Waals surface area contributed by atoms with Gasteiger partial charge in [-0.3, -0.25) is 0 Å². The lowest BCUT2D eigenvalue weighted by Gasteiger charge is -2.28. The van der Waals surface area contributed by atoms with E-state index in [4.69, 9.17) is 4.74 Å². The molecule has 1 unspecified atom stereocenters. The monoisotopic (exact) mass is 240 g/mol. The zero-order valence-corrected chi connectivity index (χ0v) is 11.0. The second-order valence-corrected chi connectivity index (χ2v) is 5.96. The van der Waals surface area contributed by atoms with Crippen molar-refractivity contribution in [3.05, 3.63) is 16.6 Å². The molecule has 1 N–H and O–H groups in total. The van der Waals surface area contributed by atoms with Gasteiger partial charge in [0.2, 0.25) is 0 Å². The van der Waals surface area contributed by atoms with Crippen LogP contribution in [0.1, 0.15) is 44.2 Å². The molecule has 1 aromatic heterocycles. The summed E-state index contributed by atoms with van der Waals surface area (Å²) in [6, 6.07) is 1.03. The lowest BCUT2D eigenvalue weighted by atomic mass is 9.99. The third kappa shape index (κ3) is 3.27. The highest BCUT2D eigenvalue weighted by Crippen LogP contribution is 2.31. The summed E-state index contributed by atoms with van der Waals surface area (Å²) in [5, 5.41) is 6.87. The normalized spacial score (nSPS) is 18.7. The summed E-state index contributed by atoms with van der Waals surface area (Å²) in [6.07, 6.45) is 5.44. The summed E-state index contributed by atoms with van der Waals surface area (Å²) < 4.78 is 5.51. The minimum atomic E-state index is -0.0990. The van der Waals surface area contributed by atoms with E-state index in [0.29, 0.717) is 12.1 Å². The third-order valence-electron chi connectivity index (χ3n) is 3.01. The number of ether oxygens (including phenoxy) is 1. The molecule has 0 spiro atoms. The number of rotatable bonds is 6. The molecule has 3 nitrogen and oxygen atoms in total. The maximum Gasteiger partial charge on any atom is 0.110 e. The van der Waals surface area contributed by atoms with Crippen molar-refractivity contribution in [2.75, 3.05) is 7.11 Å². The lowest BCUT2D eigenvalue weighted by Crippen LogP contribution is -2.33. The molecule has 90 valence electrons. The molecule has 0 aliphatic heterocycles. The minimum absolute atomic E-state index is 0.0990. The van der Waals surface area contributed by atoms with E-state index < -0.39 is 0 Å². The van der Waals surface area contributed by atoms with Gasteiger partial charge in [0.15, 0.2) is 0 Å². The van der Waals surface area contributed by atoms with E-state index in [1.54, 1.807) is 18.4 Å². The van der Waals surface area contributed by atoms with E-state index in [9.17, 15) is 0 Å². The molecule has 1 atom stereocenters. The van der Waals surface area contributed by atoms with E-state index >= 15 is 0 Å². The molecule has 2 rings (SSSR count). The average molecular weight is 240 g/mol. The Morgan fingerprint density at radius 1 is 1.62 bits per heavy atom. The second kappa shape index (κ2) is 4.82. The fourth-order valence-electron chi connectivity index (χ4n) is 1.73. The highest BCUT2D eigenvalue weighted by Gasteiger charge is 2.30. The summed E-state index contributed by atoms with van der Waals surface area (Å²) in [5.74, 6) is 0. The van der Waals surface area contributed by atoms with Crippen LogP contribution in [0.25, 0.3) is 0 Å². The van der Waals surface area contributed by atoms with Gasteiger partial charge in [-0.05, 0) is 33.1 Å². The quantitative estimate of drug-likeness (QED) is 0.830. The first-order valence-corrected chi connectivity index (χ1v) is 6.69. The Morgan fingerprint density at radius 3 is 2.88 bits per heavy atom. The average Bonchev–Trinajstić information content (AvgIpc) is 2.89. The van der Waals surface area contributed by atoms with Gasteiger partial charge in [0.05, 0.1) is 11.6 Å². The van der Waals surface area contributed by atoms with Crippen LogP contribution in [-0.4, -0.2) is 23.7 Å². The van der Waals surface area contributed by atoms with Crippen LogP contribution in [0.3, 0.4) is 0 Å². The topological polar surface area (TPSA) is 34.1 Å². The molecule has 1 aliphatic rings. The van der Waals surface area contributed by atoms with Crippen molar-refractivity contribution < 1.29 is 4.74 Å². The Kier molecular flexibility index (Phi) is 3.62. The van der Waals surface area contributed by atoms with Crippen LogP contribution in [0.4, 0.5) is 0 Å². The van der Waals surface area contributed by atoms with Gasteiger partial charge in [-0.2, -0.15) is 0 Å². The molecular weight excluding hydrogens is 220 g/mol. The van der Waals surface area contributed by atoms with Crippen molar-refractivity contribution in [1.82, 2.24) is 10.3 Å². The van der Waals surface area contributed by atoms with Crippen LogP contribution in [0, 0.1) is 0 Å². The maximum absolute atomic E-state index is 5.51. The molecule has 4 heteroatoms. The van der Waals surface area contributed by atoms with Crippen molar-refractivity contribution in [2.24, 2.45) is 0 Å². The maximum atomic E-state index is 5.51. The number of aromatic nitrogens is 1. The van der Waals surface area contributed by atoms with Gasteiger partial charge in [0, 0.05) is 24.7 Å². The molecule has 0 amide bonds. The summed E-state index contributed by atoms with van der Waals surface area (Å²) in [7, 11) is 1.77. The molecule has 1 heterocycles. The number of nitrogens with zero attached hydrogens (tertiary/aromatic N) is 1. The predicted molar refractivity (Wildman–Crippen MR) is 66.7 cm³/mol. The molecule has 0 saturated heterocycles. The highest BCUT2D eigenvalue weighted by atomic mass is 32.1. The van der Waals surface area contributed by atoms with Crippen LogP contribution >= 0.6 is 11.3 Å². The van der Waals surface area contributed by atoms with Crippen molar-refractivity contribution in [3.63, 3.8) is 0 Å². The van der Waals surface area contributed by atoms with Gasteiger partial charge in [-0.1, -0.05) is 0 Å². The van der Waals surface area contributed by atoms with Crippen LogP contribution < -0.4 is 5.32 Å². The predicted octanol–water partition coefficient (Wildman–Crippen LogP) is 2.75.